The number of hydrogen-bond donors (Lipinski definition) is 0. The maximum atomic E-state index is 8.00. The van der Waals surface area contributed by atoms with Gasteiger partial charge < -0.3 is 19.2 Å². The molecule has 0 saturated heterocycles. The molecule has 11 heavy (non-hydrogen) atoms. The van der Waals surface area contributed by atoms with Crippen LogP contribution >= 0.6 is 28.2 Å². The first kappa shape index (κ1) is 30.4. The number of carbonyl (C=O) groups excluding carboxylic acids is 4. The molecular formula is C4H8Br2FeO4. The molecule has 0 bridgehead atoms. The Kier molecular flexibility index (Phi) is 1750. The molecule has 0 atom stereocenters. The molecule has 0 spiro atoms. The van der Waals surface area contributed by atoms with Gasteiger partial charge >= 0.3 is 39.6 Å². The second-order valence-corrected chi connectivity index (χ2v) is 5.62. The van der Waals surface area contributed by atoms with Crippen molar-refractivity contribution >= 4 is 55.4 Å². The minimum absolute atomic E-state index is 0.875. The molecule has 0 aromatic rings. The van der Waals surface area contributed by atoms with E-state index in [0.29, 0.717) is 0 Å². The third-order valence-electron chi connectivity index (χ3n) is 0. The molecule has 0 unspecified atom stereocenters. The molecule has 4 nitrogen and oxygen atoms in total. The van der Waals surface area contributed by atoms with Crippen LogP contribution in [0, 0.1) is 0 Å². The zero-order valence-corrected chi connectivity index (χ0v) is 9.85. The molecule has 0 fully saturated rings. The van der Waals surface area contributed by atoms with Crippen LogP contribution in [0.3, 0.4) is 0 Å². The Labute approximate surface area is 85.6 Å². The molecule has 0 aromatic carbocycles. The molecular weight excluding hydrogens is 328 g/mol. The Hall–Kier alpha value is 0.159. The molecule has 0 radical (unpaired) electrons. The van der Waals surface area contributed by atoms with Gasteiger partial charge in [-0.1, -0.05) is 0 Å². The van der Waals surface area contributed by atoms with Gasteiger partial charge in [0.1, 0.15) is 27.2 Å². The Balaban J connectivity index is -0.0000000139. The summed E-state index contributed by atoms with van der Waals surface area (Å²) in [6, 6.07) is 0. The zero-order valence-electron chi connectivity index (χ0n) is 5.57. The Morgan fingerprint density at radius 2 is 0.636 bits per heavy atom. The topological polar surface area (TPSA) is 68.3 Å². The third-order valence-corrected chi connectivity index (χ3v) is 0. The fraction of sp³-hybridized carbons (Fsp3) is 0. The molecule has 0 aromatic heterocycles. The summed E-state index contributed by atoms with van der Waals surface area (Å²) in [6.07, 6.45) is 0. The standard InChI is InChI=1S/4CH2O.2BrH.Fe/c4*1-2;;;/h4*1H2;2*1H;/q;;;;;;+2/p-2. The zero-order chi connectivity index (χ0) is 10.7. The van der Waals surface area contributed by atoms with E-state index in [1.807, 2.05) is 27.2 Å². The molecule has 0 amide bonds. The second kappa shape index (κ2) is 634. The van der Waals surface area contributed by atoms with E-state index in [1.165, 1.54) is 0 Å². The van der Waals surface area contributed by atoms with Gasteiger partial charge in [-0.2, -0.15) is 0 Å². The van der Waals surface area contributed by atoms with Gasteiger partial charge in [0.15, 0.2) is 0 Å². The van der Waals surface area contributed by atoms with Crippen molar-refractivity contribution < 1.29 is 30.5 Å². The number of hydrogen-bond acceptors (Lipinski definition) is 4. The van der Waals surface area contributed by atoms with E-state index in [9.17, 15) is 0 Å². The predicted molar refractivity (Wildman–Crippen MR) is 46.3 cm³/mol. The van der Waals surface area contributed by atoms with Crippen LogP contribution in [0.2, 0.25) is 0 Å². The van der Waals surface area contributed by atoms with Crippen LogP contribution in [0.5, 0.6) is 0 Å². The number of rotatable bonds is 0. The van der Waals surface area contributed by atoms with Crippen LogP contribution in [0.15, 0.2) is 0 Å². The van der Waals surface area contributed by atoms with E-state index in [1.54, 1.807) is 0 Å². The first-order chi connectivity index (χ1) is 5.41. The molecule has 0 N–H and O–H groups in total. The van der Waals surface area contributed by atoms with Gasteiger partial charge in [-0.15, -0.1) is 0 Å². The van der Waals surface area contributed by atoms with Crippen molar-refractivity contribution in [3.05, 3.63) is 0 Å². The first-order valence-corrected chi connectivity index (χ1v) is 6.88. The van der Waals surface area contributed by atoms with Gasteiger partial charge in [-0.05, 0) is 0 Å². The van der Waals surface area contributed by atoms with Crippen LogP contribution < -0.4 is 0 Å². The van der Waals surface area contributed by atoms with Crippen molar-refractivity contribution in [2.45, 2.75) is 0 Å². The average molecular weight is 336 g/mol. The monoisotopic (exact) mass is 334 g/mol. The van der Waals surface area contributed by atoms with E-state index < -0.39 is 0 Å². The summed E-state index contributed by atoms with van der Waals surface area (Å²) in [6.45, 7) is 8.00. The molecule has 0 aliphatic rings. The summed E-state index contributed by atoms with van der Waals surface area (Å²) in [5.74, 6) is 0. The molecule has 0 aliphatic heterocycles. The van der Waals surface area contributed by atoms with Gasteiger partial charge in [0.05, 0.1) is 0 Å². The third kappa shape index (κ3) is 26600. The molecule has 0 heterocycles. The molecule has 0 rings (SSSR count). The summed E-state index contributed by atoms with van der Waals surface area (Å²) in [7, 11) is 0. The Bertz CT molecular complexity index is 35.3. The first-order valence-electron chi connectivity index (χ1n) is 1.42. The summed E-state index contributed by atoms with van der Waals surface area (Å²) >= 11 is 7.00. The van der Waals surface area contributed by atoms with Crippen LogP contribution in [0.1, 0.15) is 0 Å². The maximum absolute atomic E-state index is 8.00. The fourth-order valence-corrected chi connectivity index (χ4v) is 0. The predicted octanol–water partition coefficient (Wildman–Crippen LogP) is 0.949. The minimum atomic E-state index is 0.875. The van der Waals surface area contributed by atoms with Crippen LogP contribution in [-0.2, 0) is 30.5 Å². The Morgan fingerprint density at radius 1 is 0.636 bits per heavy atom. The van der Waals surface area contributed by atoms with E-state index in [0.717, 1.165) is 11.3 Å². The van der Waals surface area contributed by atoms with Crippen LogP contribution in [-0.4, -0.2) is 27.2 Å². The normalized spacial score (nSPS) is 3.45. The van der Waals surface area contributed by atoms with Crippen molar-refractivity contribution in [1.29, 1.82) is 0 Å². The van der Waals surface area contributed by atoms with Gasteiger partial charge in [0.2, 0.25) is 0 Å². The fourth-order valence-electron chi connectivity index (χ4n) is 0. The SMILES string of the molecule is C=O.C=O.C=O.C=O.[Br][Fe][Br]. The van der Waals surface area contributed by atoms with Gasteiger partial charge in [0.25, 0.3) is 0 Å². The van der Waals surface area contributed by atoms with Crippen molar-refractivity contribution in [2.24, 2.45) is 0 Å². The molecule has 0 saturated carbocycles. The van der Waals surface area contributed by atoms with E-state index in [4.69, 9.17) is 19.2 Å². The molecule has 0 aliphatic carbocycles. The van der Waals surface area contributed by atoms with Crippen molar-refractivity contribution in [3.63, 3.8) is 0 Å². The second-order valence-electron chi connectivity index (χ2n) is 0.0505. The van der Waals surface area contributed by atoms with Crippen LogP contribution in [0.4, 0.5) is 0 Å². The summed E-state index contributed by atoms with van der Waals surface area (Å²) in [5.41, 5.74) is 0. The quantitative estimate of drug-likeness (QED) is 0.618. The summed E-state index contributed by atoms with van der Waals surface area (Å²) < 4.78 is 0. The van der Waals surface area contributed by atoms with Crippen molar-refractivity contribution in [1.82, 2.24) is 0 Å². The molecule has 7 heteroatoms. The number of carbonyl (C=O) groups is 4. The number of halogens is 2. The average Bonchev–Trinajstić information content (AvgIpc) is 2.18. The van der Waals surface area contributed by atoms with Gasteiger partial charge in [-0.25, -0.2) is 0 Å². The van der Waals surface area contributed by atoms with Crippen molar-refractivity contribution in [2.75, 3.05) is 0 Å². The van der Waals surface area contributed by atoms with Crippen molar-refractivity contribution in [3.8, 4) is 0 Å². The van der Waals surface area contributed by atoms with E-state index in [-0.39, 0.29) is 0 Å². The molecule has 70 valence electrons. The van der Waals surface area contributed by atoms with E-state index >= 15 is 0 Å². The summed E-state index contributed by atoms with van der Waals surface area (Å²) in [5, 5.41) is 0. The van der Waals surface area contributed by atoms with Gasteiger partial charge in [0, 0.05) is 0 Å². The Morgan fingerprint density at radius 3 is 0.636 bits per heavy atom. The van der Waals surface area contributed by atoms with Crippen LogP contribution in [0.25, 0.3) is 0 Å². The van der Waals surface area contributed by atoms with E-state index in [2.05, 4.69) is 28.2 Å². The van der Waals surface area contributed by atoms with Gasteiger partial charge in [-0.3, -0.25) is 0 Å². The summed E-state index contributed by atoms with van der Waals surface area (Å²) in [4.78, 5) is 32.0.